The SMILES string of the molecule is COc1cc(OC)cc(C(=O)Nc2c(C)nn(Cc3ccc(Cl)cc3)c2C)c1. The zero-order chi connectivity index (χ0) is 20.3. The first-order chi connectivity index (χ1) is 13.4. The quantitative estimate of drug-likeness (QED) is 0.664. The first-order valence-electron chi connectivity index (χ1n) is 8.74. The second-order valence-corrected chi connectivity index (χ2v) is 6.82. The molecule has 0 fully saturated rings. The van der Waals surface area contributed by atoms with E-state index in [9.17, 15) is 4.79 Å². The number of anilines is 1. The molecular formula is C21H22ClN3O3. The molecule has 0 aliphatic heterocycles. The molecule has 28 heavy (non-hydrogen) atoms. The molecule has 146 valence electrons. The van der Waals surface area contributed by atoms with E-state index in [1.54, 1.807) is 32.4 Å². The summed E-state index contributed by atoms with van der Waals surface area (Å²) >= 11 is 5.95. The lowest BCUT2D eigenvalue weighted by molar-refractivity contribution is 0.102. The molecule has 0 bridgehead atoms. The van der Waals surface area contributed by atoms with Crippen LogP contribution in [0.25, 0.3) is 0 Å². The van der Waals surface area contributed by atoms with Gasteiger partial charge in [0.2, 0.25) is 0 Å². The second kappa shape index (κ2) is 8.35. The molecule has 6 nitrogen and oxygen atoms in total. The number of nitrogens with one attached hydrogen (secondary N) is 1. The van der Waals surface area contributed by atoms with E-state index in [0.29, 0.717) is 34.3 Å². The fourth-order valence-corrected chi connectivity index (χ4v) is 3.04. The number of hydrogen-bond donors (Lipinski definition) is 1. The Bertz CT molecular complexity index is 975. The van der Waals surface area contributed by atoms with E-state index in [0.717, 1.165) is 17.0 Å². The molecule has 2 aromatic carbocycles. The standard InChI is InChI=1S/C21H22ClN3O3/c1-13-20(14(2)25(24-13)12-15-5-7-17(22)8-6-15)23-21(26)16-9-18(27-3)11-19(10-16)28-4/h5-11H,12H2,1-4H3,(H,23,26). The Hall–Kier alpha value is -2.99. The van der Waals surface area contributed by atoms with E-state index < -0.39 is 0 Å². The maximum Gasteiger partial charge on any atom is 0.256 e. The van der Waals surface area contributed by atoms with Gasteiger partial charge in [-0.3, -0.25) is 9.48 Å². The fourth-order valence-electron chi connectivity index (χ4n) is 2.92. The van der Waals surface area contributed by atoms with E-state index in [1.165, 1.54) is 0 Å². The fraction of sp³-hybridized carbons (Fsp3) is 0.238. The molecule has 0 spiro atoms. The van der Waals surface area contributed by atoms with Crippen molar-refractivity contribution in [2.75, 3.05) is 19.5 Å². The number of carbonyl (C=O) groups is 1. The van der Waals surface area contributed by atoms with Crippen molar-refractivity contribution in [1.82, 2.24) is 9.78 Å². The number of ether oxygens (including phenoxy) is 2. The Balaban J connectivity index is 1.83. The minimum absolute atomic E-state index is 0.255. The van der Waals surface area contributed by atoms with Crippen LogP contribution in [0.15, 0.2) is 42.5 Å². The summed E-state index contributed by atoms with van der Waals surface area (Å²) in [6.45, 7) is 4.39. The number of carbonyl (C=O) groups excluding carboxylic acids is 1. The molecule has 1 aromatic heterocycles. The molecule has 3 rings (SSSR count). The lowest BCUT2D eigenvalue weighted by Crippen LogP contribution is -2.13. The van der Waals surface area contributed by atoms with Gasteiger partial charge in [0, 0.05) is 16.7 Å². The van der Waals surface area contributed by atoms with Crippen LogP contribution in [-0.2, 0) is 6.54 Å². The number of methoxy groups -OCH3 is 2. The number of aromatic nitrogens is 2. The van der Waals surface area contributed by atoms with Gasteiger partial charge in [-0.1, -0.05) is 23.7 Å². The van der Waals surface area contributed by atoms with Gasteiger partial charge in [-0.25, -0.2) is 0 Å². The molecule has 0 atom stereocenters. The molecule has 0 radical (unpaired) electrons. The van der Waals surface area contributed by atoms with Gasteiger partial charge in [0.15, 0.2) is 0 Å². The molecule has 0 saturated carbocycles. The van der Waals surface area contributed by atoms with E-state index in [-0.39, 0.29) is 5.91 Å². The van der Waals surface area contributed by atoms with Gasteiger partial charge in [-0.05, 0) is 43.7 Å². The molecule has 0 unspecified atom stereocenters. The zero-order valence-electron chi connectivity index (χ0n) is 16.2. The van der Waals surface area contributed by atoms with Crippen LogP contribution in [0.5, 0.6) is 11.5 Å². The van der Waals surface area contributed by atoms with Crippen LogP contribution < -0.4 is 14.8 Å². The predicted octanol–water partition coefficient (Wildman–Crippen LogP) is 4.47. The average Bonchev–Trinajstić information content (AvgIpc) is 2.96. The van der Waals surface area contributed by atoms with Crippen molar-refractivity contribution in [3.8, 4) is 11.5 Å². The number of hydrogen-bond acceptors (Lipinski definition) is 4. The normalized spacial score (nSPS) is 10.6. The lowest BCUT2D eigenvalue weighted by atomic mass is 10.1. The smallest absolute Gasteiger partial charge is 0.256 e. The van der Waals surface area contributed by atoms with Crippen molar-refractivity contribution >= 4 is 23.2 Å². The van der Waals surface area contributed by atoms with Gasteiger partial charge in [-0.15, -0.1) is 0 Å². The van der Waals surface area contributed by atoms with Crippen molar-refractivity contribution < 1.29 is 14.3 Å². The molecular weight excluding hydrogens is 378 g/mol. The van der Waals surface area contributed by atoms with Crippen molar-refractivity contribution in [2.24, 2.45) is 0 Å². The van der Waals surface area contributed by atoms with Crippen LogP contribution in [0, 0.1) is 13.8 Å². The third kappa shape index (κ3) is 4.28. The maximum atomic E-state index is 12.8. The van der Waals surface area contributed by atoms with Crippen LogP contribution in [-0.4, -0.2) is 29.9 Å². The molecule has 0 aliphatic rings. The van der Waals surface area contributed by atoms with Gasteiger partial charge in [-0.2, -0.15) is 5.10 Å². The Morgan fingerprint density at radius 1 is 1.07 bits per heavy atom. The number of aryl methyl sites for hydroxylation is 1. The molecule has 0 saturated heterocycles. The van der Waals surface area contributed by atoms with Crippen LogP contribution in [0.3, 0.4) is 0 Å². The molecule has 0 aliphatic carbocycles. The van der Waals surface area contributed by atoms with E-state index in [2.05, 4.69) is 10.4 Å². The minimum atomic E-state index is -0.255. The highest BCUT2D eigenvalue weighted by molar-refractivity contribution is 6.30. The summed E-state index contributed by atoms with van der Waals surface area (Å²) in [5.74, 6) is 0.849. The second-order valence-electron chi connectivity index (χ2n) is 6.39. The van der Waals surface area contributed by atoms with Gasteiger partial charge in [0.05, 0.1) is 37.8 Å². The maximum absolute atomic E-state index is 12.8. The number of halogens is 1. The third-order valence-corrected chi connectivity index (χ3v) is 4.73. The van der Waals surface area contributed by atoms with Crippen molar-refractivity contribution in [2.45, 2.75) is 20.4 Å². The summed E-state index contributed by atoms with van der Waals surface area (Å²) in [6.07, 6.45) is 0. The van der Waals surface area contributed by atoms with Gasteiger partial charge >= 0.3 is 0 Å². The lowest BCUT2D eigenvalue weighted by Gasteiger charge is -2.10. The monoisotopic (exact) mass is 399 g/mol. The highest BCUT2D eigenvalue weighted by atomic mass is 35.5. The van der Waals surface area contributed by atoms with E-state index >= 15 is 0 Å². The van der Waals surface area contributed by atoms with Crippen molar-refractivity contribution in [3.63, 3.8) is 0 Å². The summed E-state index contributed by atoms with van der Waals surface area (Å²) < 4.78 is 12.3. The highest BCUT2D eigenvalue weighted by Crippen LogP contribution is 2.25. The van der Waals surface area contributed by atoms with Gasteiger partial charge < -0.3 is 14.8 Å². The van der Waals surface area contributed by atoms with E-state index in [1.807, 2.05) is 42.8 Å². The number of nitrogens with zero attached hydrogens (tertiary/aromatic N) is 2. The van der Waals surface area contributed by atoms with Crippen molar-refractivity contribution in [3.05, 3.63) is 70.0 Å². The van der Waals surface area contributed by atoms with Gasteiger partial charge in [0.1, 0.15) is 11.5 Å². The first-order valence-corrected chi connectivity index (χ1v) is 9.12. The minimum Gasteiger partial charge on any atom is -0.497 e. The van der Waals surface area contributed by atoms with Crippen LogP contribution >= 0.6 is 11.6 Å². The summed E-state index contributed by atoms with van der Waals surface area (Å²) in [7, 11) is 3.09. The van der Waals surface area contributed by atoms with Crippen LogP contribution in [0.1, 0.15) is 27.3 Å². The molecule has 1 N–H and O–H groups in total. The predicted molar refractivity (Wildman–Crippen MR) is 110 cm³/mol. The topological polar surface area (TPSA) is 65.4 Å². The van der Waals surface area contributed by atoms with Crippen LogP contribution in [0.4, 0.5) is 5.69 Å². The van der Waals surface area contributed by atoms with Crippen molar-refractivity contribution in [1.29, 1.82) is 0 Å². The Labute approximate surface area is 169 Å². The number of benzene rings is 2. The third-order valence-electron chi connectivity index (χ3n) is 4.48. The Kier molecular flexibility index (Phi) is 5.90. The summed E-state index contributed by atoms with van der Waals surface area (Å²) in [6, 6.07) is 12.7. The molecule has 7 heteroatoms. The average molecular weight is 400 g/mol. The Morgan fingerprint density at radius 3 is 2.25 bits per heavy atom. The first kappa shape index (κ1) is 19.8. The largest absolute Gasteiger partial charge is 0.497 e. The summed E-state index contributed by atoms with van der Waals surface area (Å²) in [5.41, 5.74) is 3.83. The summed E-state index contributed by atoms with van der Waals surface area (Å²) in [5, 5.41) is 8.21. The van der Waals surface area contributed by atoms with Gasteiger partial charge in [0.25, 0.3) is 5.91 Å². The number of rotatable bonds is 6. The number of amides is 1. The highest BCUT2D eigenvalue weighted by Gasteiger charge is 2.17. The molecule has 1 heterocycles. The van der Waals surface area contributed by atoms with E-state index in [4.69, 9.17) is 21.1 Å². The van der Waals surface area contributed by atoms with Crippen LogP contribution in [0.2, 0.25) is 5.02 Å². The molecule has 1 amide bonds. The zero-order valence-corrected chi connectivity index (χ0v) is 17.0. The Morgan fingerprint density at radius 2 is 1.68 bits per heavy atom. The molecule has 3 aromatic rings. The summed E-state index contributed by atoms with van der Waals surface area (Å²) in [4.78, 5) is 12.8.